The number of nitrogens with one attached hydrogen (secondary N) is 2. The van der Waals surface area contributed by atoms with Crippen molar-refractivity contribution in [1.82, 2.24) is 4.98 Å². The van der Waals surface area contributed by atoms with E-state index >= 15 is 0 Å². The molecule has 0 aliphatic carbocycles. The summed E-state index contributed by atoms with van der Waals surface area (Å²) in [6.07, 6.45) is 0. The van der Waals surface area contributed by atoms with Gasteiger partial charge in [0.15, 0.2) is 5.43 Å². The van der Waals surface area contributed by atoms with E-state index in [0.717, 1.165) is 23.4 Å². The molecule has 0 atom stereocenters. The van der Waals surface area contributed by atoms with Gasteiger partial charge < -0.3 is 16.0 Å². The Kier molecular flexibility index (Phi) is 3.71. The molecule has 3 aromatic rings. The van der Waals surface area contributed by atoms with Crippen molar-refractivity contribution in [2.24, 2.45) is 5.73 Å². The van der Waals surface area contributed by atoms with Gasteiger partial charge in [-0.05, 0) is 23.8 Å². The Morgan fingerprint density at radius 1 is 1.05 bits per heavy atom. The Labute approximate surface area is 122 Å². The van der Waals surface area contributed by atoms with Crippen molar-refractivity contribution < 1.29 is 0 Å². The number of aromatic amines is 1. The molecule has 0 spiro atoms. The lowest BCUT2D eigenvalue weighted by Crippen LogP contribution is -2.09. The fraction of sp³-hybridized carbons (Fsp3) is 0.118. The Bertz CT molecular complexity index is 809. The summed E-state index contributed by atoms with van der Waals surface area (Å²) in [6.45, 7) is 1.06. The third-order valence-corrected chi connectivity index (χ3v) is 3.44. The average molecular weight is 279 g/mol. The van der Waals surface area contributed by atoms with E-state index in [1.54, 1.807) is 6.07 Å². The number of aromatic nitrogens is 1. The van der Waals surface area contributed by atoms with Crippen LogP contribution in [0, 0.1) is 0 Å². The van der Waals surface area contributed by atoms with E-state index < -0.39 is 0 Å². The highest BCUT2D eigenvalue weighted by Gasteiger charge is 2.03. The molecule has 0 radical (unpaired) electrons. The Morgan fingerprint density at radius 2 is 1.86 bits per heavy atom. The number of fused-ring (bicyclic) bond motifs is 1. The lowest BCUT2D eigenvalue weighted by atomic mass is 10.1. The van der Waals surface area contributed by atoms with Crippen LogP contribution in [0.1, 0.15) is 11.3 Å². The molecule has 4 nitrogen and oxygen atoms in total. The standard InChI is InChI=1S/C17H17N3O/c18-10-14-9-17(21)15-8-13(6-7-16(15)20-14)19-11-12-4-2-1-3-5-12/h1-9,19H,10-11,18H2,(H,20,21). The van der Waals surface area contributed by atoms with E-state index in [1.807, 2.05) is 36.4 Å². The molecule has 1 heterocycles. The molecular formula is C17H17N3O. The monoisotopic (exact) mass is 279 g/mol. The van der Waals surface area contributed by atoms with Crippen LogP contribution in [-0.2, 0) is 13.1 Å². The zero-order chi connectivity index (χ0) is 14.7. The van der Waals surface area contributed by atoms with Gasteiger partial charge in [0.2, 0.25) is 0 Å². The lowest BCUT2D eigenvalue weighted by Gasteiger charge is -2.08. The lowest BCUT2D eigenvalue weighted by molar-refractivity contribution is 1.00. The number of pyridine rings is 1. The molecule has 1 aromatic heterocycles. The number of hydrogen-bond acceptors (Lipinski definition) is 3. The van der Waals surface area contributed by atoms with E-state index in [1.165, 1.54) is 5.56 Å². The molecule has 0 fully saturated rings. The Hall–Kier alpha value is -2.59. The molecular weight excluding hydrogens is 262 g/mol. The van der Waals surface area contributed by atoms with Gasteiger partial charge in [0, 0.05) is 41.4 Å². The van der Waals surface area contributed by atoms with Crippen molar-refractivity contribution >= 4 is 16.6 Å². The largest absolute Gasteiger partial charge is 0.381 e. The predicted octanol–water partition coefficient (Wildman–Crippen LogP) is 2.60. The van der Waals surface area contributed by atoms with Gasteiger partial charge in [-0.25, -0.2) is 0 Å². The summed E-state index contributed by atoms with van der Waals surface area (Å²) in [4.78, 5) is 15.2. The molecule has 0 bridgehead atoms. The highest BCUT2D eigenvalue weighted by Crippen LogP contribution is 2.16. The third-order valence-electron chi connectivity index (χ3n) is 3.44. The quantitative estimate of drug-likeness (QED) is 0.687. The molecule has 4 heteroatoms. The summed E-state index contributed by atoms with van der Waals surface area (Å²) >= 11 is 0. The maximum absolute atomic E-state index is 12.1. The van der Waals surface area contributed by atoms with Crippen molar-refractivity contribution in [2.75, 3.05) is 5.32 Å². The van der Waals surface area contributed by atoms with Crippen LogP contribution >= 0.6 is 0 Å². The average Bonchev–Trinajstić information content (AvgIpc) is 2.54. The summed E-state index contributed by atoms with van der Waals surface area (Å²) in [6, 6.07) is 17.4. The number of H-pyrrole nitrogens is 1. The molecule has 0 saturated heterocycles. The second-order valence-corrected chi connectivity index (χ2v) is 4.96. The number of hydrogen-bond donors (Lipinski definition) is 3. The van der Waals surface area contributed by atoms with Gasteiger partial charge in [-0.3, -0.25) is 4.79 Å². The van der Waals surface area contributed by atoms with Crippen LogP contribution in [0.2, 0.25) is 0 Å². The SMILES string of the molecule is NCc1cc(=O)c2cc(NCc3ccccc3)ccc2[nH]1. The summed E-state index contributed by atoms with van der Waals surface area (Å²) in [5.74, 6) is 0. The highest BCUT2D eigenvalue weighted by molar-refractivity contribution is 5.82. The number of rotatable bonds is 4. The summed E-state index contributed by atoms with van der Waals surface area (Å²) < 4.78 is 0. The molecule has 0 saturated carbocycles. The minimum atomic E-state index is -0.00689. The molecule has 0 amide bonds. The van der Waals surface area contributed by atoms with Crippen molar-refractivity contribution in [2.45, 2.75) is 13.1 Å². The first kappa shape index (κ1) is 13.4. The Morgan fingerprint density at radius 3 is 2.62 bits per heavy atom. The normalized spacial score (nSPS) is 10.7. The first-order chi connectivity index (χ1) is 10.3. The van der Waals surface area contributed by atoms with Crippen LogP contribution in [-0.4, -0.2) is 4.98 Å². The first-order valence-corrected chi connectivity index (χ1v) is 6.90. The maximum Gasteiger partial charge on any atom is 0.189 e. The fourth-order valence-electron chi connectivity index (χ4n) is 2.32. The molecule has 0 aliphatic heterocycles. The summed E-state index contributed by atoms with van der Waals surface area (Å²) in [7, 11) is 0. The molecule has 4 N–H and O–H groups in total. The van der Waals surface area contributed by atoms with Gasteiger partial charge in [-0.2, -0.15) is 0 Å². The van der Waals surface area contributed by atoms with E-state index in [0.29, 0.717) is 11.9 Å². The van der Waals surface area contributed by atoms with Crippen LogP contribution in [0.15, 0.2) is 59.4 Å². The van der Waals surface area contributed by atoms with Crippen molar-refractivity contribution in [1.29, 1.82) is 0 Å². The highest BCUT2D eigenvalue weighted by atomic mass is 16.1. The molecule has 2 aromatic carbocycles. The zero-order valence-electron chi connectivity index (χ0n) is 11.6. The second-order valence-electron chi connectivity index (χ2n) is 4.96. The Balaban J connectivity index is 1.87. The predicted molar refractivity (Wildman–Crippen MR) is 86.2 cm³/mol. The summed E-state index contributed by atoms with van der Waals surface area (Å²) in [5.41, 5.74) is 9.25. The topological polar surface area (TPSA) is 70.9 Å². The van der Waals surface area contributed by atoms with Gasteiger partial charge >= 0.3 is 0 Å². The van der Waals surface area contributed by atoms with Crippen molar-refractivity contribution in [3.63, 3.8) is 0 Å². The van der Waals surface area contributed by atoms with E-state index in [9.17, 15) is 4.79 Å². The van der Waals surface area contributed by atoms with Gasteiger partial charge in [-0.1, -0.05) is 30.3 Å². The van der Waals surface area contributed by atoms with Crippen LogP contribution < -0.4 is 16.5 Å². The second kappa shape index (κ2) is 5.81. The molecule has 0 aliphatic rings. The third kappa shape index (κ3) is 2.95. The van der Waals surface area contributed by atoms with Crippen molar-refractivity contribution in [3.8, 4) is 0 Å². The van der Waals surface area contributed by atoms with Crippen LogP contribution in [0.4, 0.5) is 5.69 Å². The van der Waals surface area contributed by atoms with Gasteiger partial charge in [-0.15, -0.1) is 0 Å². The molecule has 21 heavy (non-hydrogen) atoms. The number of benzene rings is 2. The zero-order valence-corrected chi connectivity index (χ0v) is 11.6. The van der Waals surface area contributed by atoms with E-state index in [2.05, 4.69) is 22.4 Å². The maximum atomic E-state index is 12.1. The van der Waals surface area contributed by atoms with E-state index in [-0.39, 0.29) is 5.43 Å². The molecule has 3 rings (SSSR count). The van der Waals surface area contributed by atoms with Gasteiger partial charge in [0.25, 0.3) is 0 Å². The van der Waals surface area contributed by atoms with Crippen molar-refractivity contribution in [3.05, 3.63) is 76.1 Å². The number of anilines is 1. The van der Waals surface area contributed by atoms with Crippen LogP contribution in [0.5, 0.6) is 0 Å². The van der Waals surface area contributed by atoms with Gasteiger partial charge in [0.05, 0.1) is 0 Å². The van der Waals surface area contributed by atoms with Gasteiger partial charge in [0.1, 0.15) is 0 Å². The molecule has 106 valence electrons. The van der Waals surface area contributed by atoms with E-state index in [4.69, 9.17) is 5.73 Å². The fourth-order valence-corrected chi connectivity index (χ4v) is 2.32. The summed E-state index contributed by atoms with van der Waals surface area (Å²) in [5, 5.41) is 4.00. The first-order valence-electron chi connectivity index (χ1n) is 6.90. The van der Waals surface area contributed by atoms with Crippen LogP contribution in [0.3, 0.4) is 0 Å². The van der Waals surface area contributed by atoms with Crippen LogP contribution in [0.25, 0.3) is 10.9 Å². The molecule has 0 unspecified atom stereocenters. The minimum absolute atomic E-state index is 0.00689. The smallest absolute Gasteiger partial charge is 0.189 e. The minimum Gasteiger partial charge on any atom is -0.381 e. The number of nitrogens with two attached hydrogens (primary N) is 1.